The second kappa shape index (κ2) is 13.5. The van der Waals surface area contributed by atoms with Gasteiger partial charge in [0.1, 0.15) is 40.8 Å². The minimum absolute atomic E-state index is 0.133. The highest BCUT2D eigenvalue weighted by atomic mass is 32.2. The standard InChI is InChI=1S/C27H33N7O7S/c1-17-15-28-25(29-16-17)24(40-6)18(2)42(35,36)33-27-32-31-26(19-9-7-12-22(30-19)41-14-13-37-3)34(27)23-20(38-4)10-8-11-21(23)39-5/h7-12,15-16,18,24H,13-14H2,1-6H3,(H,32,33)/t18-,24-/m0/s1. The van der Waals surface area contributed by atoms with Gasteiger partial charge in [0.2, 0.25) is 21.9 Å². The average molecular weight is 600 g/mol. The summed E-state index contributed by atoms with van der Waals surface area (Å²) in [6.07, 6.45) is 2.22. The van der Waals surface area contributed by atoms with Crippen LogP contribution in [0.2, 0.25) is 0 Å². The van der Waals surface area contributed by atoms with Crippen LogP contribution in [0.25, 0.3) is 17.2 Å². The monoisotopic (exact) mass is 599 g/mol. The van der Waals surface area contributed by atoms with Gasteiger partial charge in [-0.05, 0) is 37.6 Å². The van der Waals surface area contributed by atoms with Crippen molar-refractivity contribution in [3.05, 3.63) is 60.2 Å². The van der Waals surface area contributed by atoms with Crippen LogP contribution in [-0.2, 0) is 19.5 Å². The number of methoxy groups -OCH3 is 4. The average Bonchev–Trinajstić information content (AvgIpc) is 3.40. The molecule has 14 nitrogen and oxygen atoms in total. The van der Waals surface area contributed by atoms with Crippen molar-refractivity contribution < 1.29 is 32.1 Å². The molecular weight excluding hydrogens is 566 g/mol. The fraction of sp³-hybridized carbons (Fsp3) is 0.370. The van der Waals surface area contributed by atoms with Crippen molar-refractivity contribution in [2.75, 3.05) is 46.4 Å². The minimum Gasteiger partial charge on any atom is -0.494 e. The molecule has 0 aliphatic rings. The SMILES string of the molecule is COCCOc1cccc(-c2nnc(NS(=O)(=O)[C@@H](C)[C@H](OC)c3ncc(C)cn3)n2-c2c(OC)cccc2OC)n1. The maximum atomic E-state index is 13.7. The van der Waals surface area contributed by atoms with Crippen LogP contribution in [0.3, 0.4) is 0 Å². The number of sulfonamides is 1. The van der Waals surface area contributed by atoms with Crippen LogP contribution < -0.4 is 18.9 Å². The second-order valence-electron chi connectivity index (χ2n) is 9.02. The highest BCUT2D eigenvalue weighted by Crippen LogP contribution is 2.38. The predicted octanol–water partition coefficient (Wildman–Crippen LogP) is 2.99. The molecule has 3 heterocycles. The molecule has 1 aromatic carbocycles. The summed E-state index contributed by atoms with van der Waals surface area (Å²) in [5, 5.41) is 7.37. The van der Waals surface area contributed by atoms with E-state index in [0.29, 0.717) is 35.4 Å². The molecule has 42 heavy (non-hydrogen) atoms. The summed E-state index contributed by atoms with van der Waals surface area (Å²) in [6.45, 7) is 3.99. The number of aromatic nitrogens is 6. The first-order chi connectivity index (χ1) is 20.2. The van der Waals surface area contributed by atoms with E-state index in [1.165, 1.54) is 32.8 Å². The van der Waals surface area contributed by atoms with E-state index >= 15 is 0 Å². The van der Waals surface area contributed by atoms with Crippen LogP contribution >= 0.6 is 0 Å². The van der Waals surface area contributed by atoms with E-state index in [0.717, 1.165) is 5.56 Å². The van der Waals surface area contributed by atoms with Gasteiger partial charge < -0.3 is 23.7 Å². The number of benzene rings is 1. The molecule has 0 spiro atoms. The number of pyridine rings is 1. The molecule has 0 aliphatic heterocycles. The Kier molecular flexibility index (Phi) is 9.88. The maximum absolute atomic E-state index is 13.7. The molecule has 3 aromatic heterocycles. The van der Waals surface area contributed by atoms with Crippen molar-refractivity contribution in [2.45, 2.75) is 25.2 Å². The zero-order valence-corrected chi connectivity index (χ0v) is 25.0. The third-order valence-electron chi connectivity index (χ3n) is 6.24. The molecule has 0 radical (unpaired) electrons. The number of nitrogens with one attached hydrogen (secondary N) is 1. The van der Waals surface area contributed by atoms with E-state index in [-0.39, 0.29) is 24.2 Å². The van der Waals surface area contributed by atoms with Gasteiger partial charge in [0, 0.05) is 32.7 Å². The maximum Gasteiger partial charge on any atom is 0.243 e. The predicted molar refractivity (Wildman–Crippen MR) is 154 cm³/mol. The lowest BCUT2D eigenvalue weighted by Crippen LogP contribution is -2.33. The molecule has 1 N–H and O–H groups in total. The van der Waals surface area contributed by atoms with Crippen molar-refractivity contribution in [2.24, 2.45) is 0 Å². The largest absolute Gasteiger partial charge is 0.494 e. The molecule has 2 atom stereocenters. The molecule has 0 fully saturated rings. The molecule has 224 valence electrons. The van der Waals surface area contributed by atoms with Crippen LogP contribution in [0.4, 0.5) is 5.95 Å². The van der Waals surface area contributed by atoms with Gasteiger partial charge in [-0.15, -0.1) is 10.2 Å². The Hall–Kier alpha value is -4.34. The van der Waals surface area contributed by atoms with Crippen LogP contribution in [-0.4, -0.2) is 85.0 Å². The number of nitrogens with zero attached hydrogens (tertiary/aromatic N) is 6. The number of anilines is 1. The summed E-state index contributed by atoms with van der Waals surface area (Å²) < 4.78 is 59.0. The molecule has 0 amide bonds. The lowest BCUT2D eigenvalue weighted by atomic mass is 10.2. The third kappa shape index (κ3) is 6.58. The lowest BCUT2D eigenvalue weighted by Gasteiger charge is -2.23. The van der Waals surface area contributed by atoms with Crippen molar-refractivity contribution in [3.8, 4) is 34.6 Å². The highest BCUT2D eigenvalue weighted by Gasteiger charge is 2.35. The van der Waals surface area contributed by atoms with Crippen LogP contribution in [0.1, 0.15) is 24.4 Å². The van der Waals surface area contributed by atoms with Gasteiger partial charge >= 0.3 is 0 Å². The molecule has 15 heteroatoms. The van der Waals surface area contributed by atoms with Crippen molar-refractivity contribution in [3.63, 3.8) is 0 Å². The first kappa shape index (κ1) is 30.6. The Morgan fingerprint density at radius 2 is 1.60 bits per heavy atom. The molecule has 0 saturated heterocycles. The number of ether oxygens (including phenoxy) is 5. The van der Waals surface area contributed by atoms with E-state index in [1.807, 2.05) is 6.92 Å². The highest BCUT2D eigenvalue weighted by molar-refractivity contribution is 7.93. The first-order valence-corrected chi connectivity index (χ1v) is 14.4. The van der Waals surface area contributed by atoms with E-state index in [2.05, 4.69) is 29.9 Å². The molecular formula is C27H33N7O7S. The van der Waals surface area contributed by atoms with Gasteiger partial charge in [0.15, 0.2) is 11.6 Å². The molecule has 0 saturated carbocycles. The lowest BCUT2D eigenvalue weighted by molar-refractivity contribution is 0.0949. The molecule has 0 aliphatic carbocycles. The van der Waals surface area contributed by atoms with Gasteiger partial charge in [-0.25, -0.2) is 23.4 Å². The number of hydrogen-bond donors (Lipinski definition) is 1. The topological polar surface area (TPSA) is 162 Å². The quantitative estimate of drug-likeness (QED) is 0.211. The smallest absolute Gasteiger partial charge is 0.243 e. The van der Waals surface area contributed by atoms with Gasteiger partial charge in [0.25, 0.3) is 0 Å². The Morgan fingerprint density at radius 1 is 0.929 bits per heavy atom. The van der Waals surface area contributed by atoms with Gasteiger partial charge in [-0.3, -0.25) is 9.29 Å². The molecule has 4 rings (SSSR count). The Balaban J connectivity index is 1.82. The second-order valence-corrected chi connectivity index (χ2v) is 11.1. The molecule has 0 bridgehead atoms. The summed E-state index contributed by atoms with van der Waals surface area (Å²) in [5.74, 6) is 1.36. The van der Waals surface area contributed by atoms with Gasteiger partial charge in [0.05, 0.1) is 20.8 Å². The third-order valence-corrected chi connectivity index (χ3v) is 7.93. The van der Waals surface area contributed by atoms with E-state index in [1.54, 1.807) is 55.9 Å². The minimum atomic E-state index is -4.16. The van der Waals surface area contributed by atoms with Crippen LogP contribution in [0.15, 0.2) is 48.8 Å². The van der Waals surface area contributed by atoms with E-state index in [9.17, 15) is 8.42 Å². The fourth-order valence-corrected chi connectivity index (χ4v) is 5.20. The Morgan fingerprint density at radius 3 is 2.21 bits per heavy atom. The summed E-state index contributed by atoms with van der Waals surface area (Å²) >= 11 is 0. The normalized spacial score (nSPS) is 12.9. The van der Waals surface area contributed by atoms with Crippen LogP contribution in [0.5, 0.6) is 17.4 Å². The van der Waals surface area contributed by atoms with E-state index < -0.39 is 21.4 Å². The van der Waals surface area contributed by atoms with Gasteiger partial charge in [-0.1, -0.05) is 12.1 Å². The van der Waals surface area contributed by atoms with Crippen molar-refractivity contribution in [1.29, 1.82) is 0 Å². The number of aryl methyl sites for hydroxylation is 1. The summed E-state index contributed by atoms with van der Waals surface area (Å²) in [5.41, 5.74) is 1.53. The van der Waals surface area contributed by atoms with E-state index in [4.69, 9.17) is 23.7 Å². The summed E-state index contributed by atoms with van der Waals surface area (Å²) in [6, 6.07) is 10.3. The number of rotatable bonds is 14. The Bertz CT molecular complexity index is 1570. The van der Waals surface area contributed by atoms with Crippen molar-refractivity contribution >= 4 is 16.0 Å². The number of para-hydroxylation sites is 1. The van der Waals surface area contributed by atoms with Crippen LogP contribution in [0, 0.1) is 6.92 Å². The summed E-state index contributed by atoms with van der Waals surface area (Å²) in [4.78, 5) is 13.1. The zero-order chi connectivity index (χ0) is 30.3. The fourth-order valence-electron chi connectivity index (χ4n) is 4.07. The summed E-state index contributed by atoms with van der Waals surface area (Å²) in [7, 11) is 1.78. The zero-order valence-electron chi connectivity index (χ0n) is 24.1. The molecule has 4 aromatic rings. The van der Waals surface area contributed by atoms with Crippen molar-refractivity contribution in [1.82, 2.24) is 29.7 Å². The molecule has 0 unspecified atom stereocenters. The van der Waals surface area contributed by atoms with Gasteiger partial charge in [-0.2, -0.15) is 0 Å². The Labute approximate surface area is 244 Å². The number of hydrogen-bond acceptors (Lipinski definition) is 12. The first-order valence-electron chi connectivity index (χ1n) is 12.8.